The summed E-state index contributed by atoms with van der Waals surface area (Å²) in [7, 11) is 1.70. The van der Waals surface area contributed by atoms with Gasteiger partial charge in [-0.3, -0.25) is 9.69 Å². The topological polar surface area (TPSA) is 79.5 Å². The number of carbonyl (C=O) groups is 1. The zero-order chi connectivity index (χ0) is 18.6. The SMILES string of the molecule is C[C@H](C(=O)O)N(C)CCCc1nc(-c2cccc(C(F)(F)F)c2)no1. The molecule has 136 valence electrons. The van der Waals surface area contributed by atoms with E-state index in [0.29, 0.717) is 25.3 Å². The predicted molar refractivity (Wildman–Crippen MR) is 82.8 cm³/mol. The number of rotatable bonds is 7. The van der Waals surface area contributed by atoms with Crippen LogP contribution in [0.5, 0.6) is 0 Å². The molecule has 0 saturated heterocycles. The Kier molecular flexibility index (Phi) is 5.78. The van der Waals surface area contributed by atoms with E-state index < -0.39 is 23.8 Å². The molecule has 0 aliphatic rings. The lowest BCUT2D eigenvalue weighted by molar-refractivity contribution is -0.142. The summed E-state index contributed by atoms with van der Waals surface area (Å²) in [6, 6.07) is 4.10. The highest BCUT2D eigenvalue weighted by Gasteiger charge is 2.30. The molecule has 0 amide bonds. The Balaban J connectivity index is 1.98. The molecule has 1 atom stereocenters. The van der Waals surface area contributed by atoms with Gasteiger partial charge in [0, 0.05) is 12.0 Å². The number of likely N-dealkylation sites (N-methyl/N-ethyl adjacent to an activating group) is 1. The van der Waals surface area contributed by atoms with Gasteiger partial charge in [0.25, 0.3) is 0 Å². The van der Waals surface area contributed by atoms with Crippen LogP contribution in [-0.4, -0.2) is 45.8 Å². The van der Waals surface area contributed by atoms with E-state index in [1.54, 1.807) is 18.9 Å². The van der Waals surface area contributed by atoms with Crippen molar-refractivity contribution in [3.8, 4) is 11.4 Å². The van der Waals surface area contributed by atoms with E-state index in [9.17, 15) is 18.0 Å². The van der Waals surface area contributed by atoms with Crippen LogP contribution in [0.1, 0.15) is 24.8 Å². The molecule has 0 unspecified atom stereocenters. The van der Waals surface area contributed by atoms with E-state index in [0.717, 1.165) is 12.1 Å². The van der Waals surface area contributed by atoms with E-state index in [2.05, 4.69) is 10.1 Å². The largest absolute Gasteiger partial charge is 0.480 e. The average molecular weight is 357 g/mol. The molecule has 0 radical (unpaired) electrons. The number of nitrogens with zero attached hydrogens (tertiary/aromatic N) is 3. The Morgan fingerprint density at radius 1 is 1.40 bits per heavy atom. The Morgan fingerprint density at radius 2 is 2.12 bits per heavy atom. The van der Waals surface area contributed by atoms with Crippen LogP contribution in [0.4, 0.5) is 13.2 Å². The first-order valence-electron chi connectivity index (χ1n) is 7.61. The fourth-order valence-corrected chi connectivity index (χ4v) is 2.17. The first-order chi connectivity index (χ1) is 11.7. The van der Waals surface area contributed by atoms with Crippen LogP contribution in [0.25, 0.3) is 11.4 Å². The molecule has 0 bridgehead atoms. The second-order valence-corrected chi connectivity index (χ2v) is 5.69. The van der Waals surface area contributed by atoms with Crippen LogP contribution in [0.3, 0.4) is 0 Å². The molecule has 2 aromatic rings. The second kappa shape index (κ2) is 7.64. The highest BCUT2D eigenvalue weighted by Crippen LogP contribution is 2.31. The van der Waals surface area contributed by atoms with E-state index in [1.165, 1.54) is 12.1 Å². The zero-order valence-electron chi connectivity index (χ0n) is 13.7. The first kappa shape index (κ1) is 18.9. The molecule has 1 heterocycles. The molecule has 0 fully saturated rings. The van der Waals surface area contributed by atoms with Crippen LogP contribution in [0.15, 0.2) is 28.8 Å². The van der Waals surface area contributed by atoms with Crippen LogP contribution in [-0.2, 0) is 17.4 Å². The Labute approximate surface area is 142 Å². The van der Waals surface area contributed by atoms with Crippen molar-refractivity contribution in [1.82, 2.24) is 15.0 Å². The third-order valence-electron chi connectivity index (χ3n) is 3.84. The van der Waals surface area contributed by atoms with Gasteiger partial charge in [0.2, 0.25) is 11.7 Å². The van der Waals surface area contributed by atoms with Gasteiger partial charge >= 0.3 is 12.1 Å². The molecule has 0 aliphatic heterocycles. The third kappa shape index (κ3) is 5.02. The Morgan fingerprint density at radius 3 is 2.76 bits per heavy atom. The van der Waals surface area contributed by atoms with Crippen molar-refractivity contribution in [3.05, 3.63) is 35.7 Å². The molecule has 2 rings (SSSR count). The van der Waals surface area contributed by atoms with Gasteiger partial charge in [-0.2, -0.15) is 18.2 Å². The minimum atomic E-state index is -4.44. The summed E-state index contributed by atoms with van der Waals surface area (Å²) in [6.45, 7) is 2.09. The molecular weight excluding hydrogens is 339 g/mol. The first-order valence-corrected chi connectivity index (χ1v) is 7.61. The standard InChI is InChI=1S/C16H18F3N3O3/c1-10(15(23)24)22(2)8-4-7-13-20-14(21-25-13)11-5-3-6-12(9-11)16(17,18)19/h3,5-6,9-10H,4,7-8H2,1-2H3,(H,23,24)/t10-/m1/s1. The monoisotopic (exact) mass is 357 g/mol. The molecule has 25 heavy (non-hydrogen) atoms. The third-order valence-corrected chi connectivity index (χ3v) is 3.84. The smallest absolute Gasteiger partial charge is 0.416 e. The molecule has 9 heteroatoms. The van der Waals surface area contributed by atoms with Crippen LogP contribution >= 0.6 is 0 Å². The summed E-state index contributed by atoms with van der Waals surface area (Å²) in [6.07, 6.45) is -3.45. The van der Waals surface area contributed by atoms with E-state index >= 15 is 0 Å². The molecule has 1 aromatic heterocycles. The van der Waals surface area contributed by atoms with Gasteiger partial charge in [-0.25, -0.2) is 0 Å². The number of aromatic nitrogens is 2. The molecule has 0 spiro atoms. The molecule has 0 saturated carbocycles. The van der Waals surface area contributed by atoms with Crippen molar-refractivity contribution in [2.75, 3.05) is 13.6 Å². The number of alkyl halides is 3. The van der Waals surface area contributed by atoms with Gasteiger partial charge in [-0.1, -0.05) is 17.3 Å². The summed E-state index contributed by atoms with van der Waals surface area (Å²) in [5.74, 6) is -0.524. The molecule has 1 aromatic carbocycles. The van der Waals surface area contributed by atoms with Crippen LogP contribution in [0, 0.1) is 0 Å². The minimum absolute atomic E-state index is 0.0911. The summed E-state index contributed by atoms with van der Waals surface area (Å²) < 4.78 is 43.3. The lowest BCUT2D eigenvalue weighted by atomic mass is 10.1. The molecule has 1 N–H and O–H groups in total. The van der Waals surface area contributed by atoms with Gasteiger partial charge in [0.05, 0.1) is 5.56 Å². The summed E-state index contributed by atoms with van der Waals surface area (Å²) >= 11 is 0. The fraction of sp³-hybridized carbons (Fsp3) is 0.438. The molecule has 6 nitrogen and oxygen atoms in total. The van der Waals surface area contributed by atoms with E-state index in [4.69, 9.17) is 9.63 Å². The zero-order valence-corrected chi connectivity index (χ0v) is 13.7. The number of carboxylic acid groups (broad SMARTS) is 1. The number of hydrogen-bond acceptors (Lipinski definition) is 5. The Bertz CT molecular complexity index is 731. The van der Waals surface area contributed by atoms with E-state index in [1.807, 2.05) is 0 Å². The van der Waals surface area contributed by atoms with Crippen LogP contribution in [0.2, 0.25) is 0 Å². The number of aliphatic carboxylic acids is 1. The van der Waals surface area contributed by atoms with Crippen molar-refractivity contribution >= 4 is 5.97 Å². The summed E-state index contributed by atoms with van der Waals surface area (Å²) in [5.41, 5.74) is -0.554. The van der Waals surface area contributed by atoms with Gasteiger partial charge in [-0.05, 0) is 39.1 Å². The van der Waals surface area contributed by atoms with Crippen molar-refractivity contribution in [1.29, 1.82) is 0 Å². The number of benzene rings is 1. The number of hydrogen-bond donors (Lipinski definition) is 1. The second-order valence-electron chi connectivity index (χ2n) is 5.69. The van der Waals surface area contributed by atoms with Gasteiger partial charge in [-0.15, -0.1) is 0 Å². The number of aryl methyl sites for hydroxylation is 1. The minimum Gasteiger partial charge on any atom is -0.480 e. The summed E-state index contributed by atoms with van der Waals surface area (Å²) in [5, 5.41) is 12.6. The van der Waals surface area contributed by atoms with Crippen LogP contribution < -0.4 is 0 Å². The average Bonchev–Trinajstić information content (AvgIpc) is 3.02. The van der Waals surface area contributed by atoms with Crippen molar-refractivity contribution < 1.29 is 27.6 Å². The van der Waals surface area contributed by atoms with Crippen molar-refractivity contribution in [2.45, 2.75) is 32.0 Å². The summed E-state index contributed by atoms with van der Waals surface area (Å²) in [4.78, 5) is 16.6. The quantitative estimate of drug-likeness (QED) is 0.820. The maximum atomic E-state index is 12.7. The molecule has 0 aliphatic carbocycles. The van der Waals surface area contributed by atoms with Crippen molar-refractivity contribution in [2.24, 2.45) is 0 Å². The predicted octanol–water partition coefficient (Wildman–Crippen LogP) is 3.09. The Hall–Kier alpha value is -2.42. The highest BCUT2D eigenvalue weighted by atomic mass is 19.4. The van der Waals surface area contributed by atoms with Gasteiger partial charge in [0.15, 0.2) is 0 Å². The maximum absolute atomic E-state index is 12.7. The lowest BCUT2D eigenvalue weighted by Gasteiger charge is -2.20. The lowest BCUT2D eigenvalue weighted by Crippen LogP contribution is -2.36. The van der Waals surface area contributed by atoms with Gasteiger partial charge < -0.3 is 9.63 Å². The normalized spacial score (nSPS) is 13.2. The van der Waals surface area contributed by atoms with E-state index in [-0.39, 0.29) is 11.4 Å². The maximum Gasteiger partial charge on any atom is 0.416 e. The number of halogens is 3. The van der Waals surface area contributed by atoms with Gasteiger partial charge in [0.1, 0.15) is 6.04 Å². The molecular formula is C16H18F3N3O3. The fourth-order valence-electron chi connectivity index (χ4n) is 2.17. The number of carboxylic acids is 1. The highest BCUT2D eigenvalue weighted by molar-refractivity contribution is 5.72. The van der Waals surface area contributed by atoms with Crippen molar-refractivity contribution in [3.63, 3.8) is 0 Å².